The number of benzene rings is 8. The third kappa shape index (κ3) is 4.90. The van der Waals surface area contributed by atoms with Crippen molar-refractivity contribution in [1.29, 1.82) is 0 Å². The zero-order valence-corrected chi connectivity index (χ0v) is 35.5. The van der Waals surface area contributed by atoms with Crippen molar-refractivity contribution in [2.24, 2.45) is 0 Å². The van der Waals surface area contributed by atoms with E-state index in [0.29, 0.717) is 0 Å². The average molecular weight is 773 g/mol. The van der Waals surface area contributed by atoms with Gasteiger partial charge in [-0.1, -0.05) is 175 Å². The van der Waals surface area contributed by atoms with Crippen molar-refractivity contribution in [3.8, 4) is 33.4 Å². The molecule has 12 rings (SSSR count). The van der Waals surface area contributed by atoms with Gasteiger partial charge in [0.05, 0.1) is 11.4 Å². The summed E-state index contributed by atoms with van der Waals surface area (Å²) >= 11 is 0. The minimum Gasteiger partial charge on any atom is -0.376 e. The third-order valence-corrected chi connectivity index (χ3v) is 14.9. The summed E-state index contributed by atoms with van der Waals surface area (Å²) in [6.07, 6.45) is 2.38. The molecule has 8 aromatic rings. The molecule has 60 heavy (non-hydrogen) atoms. The van der Waals surface area contributed by atoms with Gasteiger partial charge in [0.2, 0.25) is 0 Å². The molecule has 0 spiro atoms. The first kappa shape index (κ1) is 35.6. The zero-order chi connectivity index (χ0) is 40.7. The fraction of sp³-hybridized carbons (Fsp3) is 0.193. The van der Waals surface area contributed by atoms with Gasteiger partial charge in [-0.25, -0.2) is 0 Å². The summed E-state index contributed by atoms with van der Waals surface area (Å²) in [6.45, 7) is 14.7. The Hall–Kier alpha value is -6.32. The first-order valence-electron chi connectivity index (χ1n) is 21.8. The summed E-state index contributed by atoms with van der Waals surface area (Å²) < 4.78 is 0. The maximum Gasteiger partial charge on any atom is 0.333 e. The topological polar surface area (TPSA) is 6.48 Å². The van der Waals surface area contributed by atoms with E-state index in [4.69, 9.17) is 0 Å². The van der Waals surface area contributed by atoms with Crippen molar-refractivity contribution < 1.29 is 0 Å². The molecule has 0 N–H and O–H groups in total. The van der Waals surface area contributed by atoms with Crippen molar-refractivity contribution in [2.45, 2.75) is 70.6 Å². The molecule has 0 radical (unpaired) electrons. The maximum absolute atomic E-state index is 2.72. The van der Waals surface area contributed by atoms with Crippen LogP contribution >= 0.6 is 0 Å². The molecule has 2 nitrogen and oxygen atoms in total. The van der Waals surface area contributed by atoms with Gasteiger partial charge in [0.1, 0.15) is 0 Å². The Bertz CT molecular complexity index is 3070. The van der Waals surface area contributed by atoms with Crippen LogP contribution in [0, 0.1) is 0 Å². The van der Waals surface area contributed by atoms with Crippen LogP contribution in [0.3, 0.4) is 0 Å². The first-order valence-corrected chi connectivity index (χ1v) is 21.8. The summed E-state index contributed by atoms with van der Waals surface area (Å²) in [5, 5.41) is 2.57. The van der Waals surface area contributed by atoms with Gasteiger partial charge < -0.3 is 9.71 Å². The van der Waals surface area contributed by atoms with Crippen molar-refractivity contribution in [2.75, 3.05) is 9.71 Å². The maximum atomic E-state index is 2.72. The predicted octanol–water partition coefficient (Wildman–Crippen LogP) is 13.9. The van der Waals surface area contributed by atoms with Crippen molar-refractivity contribution >= 4 is 57.0 Å². The molecular weight excluding hydrogens is 723 g/mol. The fourth-order valence-corrected chi connectivity index (χ4v) is 11.5. The Labute approximate surface area is 355 Å². The van der Waals surface area contributed by atoms with Gasteiger partial charge >= 0.3 is 6.85 Å². The van der Waals surface area contributed by atoms with Crippen molar-refractivity contribution in [3.63, 3.8) is 0 Å². The second-order valence-electron chi connectivity index (χ2n) is 19.6. The molecule has 0 amide bonds. The lowest BCUT2D eigenvalue weighted by molar-refractivity contribution is 0.331. The van der Waals surface area contributed by atoms with E-state index in [1.807, 2.05) is 0 Å². The number of para-hydroxylation sites is 1. The Morgan fingerprint density at radius 3 is 1.78 bits per heavy atom. The second kappa shape index (κ2) is 12.4. The van der Waals surface area contributed by atoms with E-state index in [-0.39, 0.29) is 23.1 Å². The van der Waals surface area contributed by atoms with Crippen molar-refractivity contribution in [3.05, 3.63) is 186 Å². The molecule has 1 aliphatic carbocycles. The van der Waals surface area contributed by atoms with Crippen LogP contribution in [0.1, 0.15) is 76.6 Å². The van der Waals surface area contributed by atoms with E-state index in [2.05, 4.69) is 215 Å². The number of hydrogen-bond acceptors (Lipinski definition) is 2. The Morgan fingerprint density at radius 1 is 0.450 bits per heavy atom. The molecule has 0 unspecified atom stereocenters. The smallest absolute Gasteiger partial charge is 0.333 e. The summed E-state index contributed by atoms with van der Waals surface area (Å²) in [7, 11) is 0. The van der Waals surface area contributed by atoms with Gasteiger partial charge in [0.15, 0.2) is 0 Å². The van der Waals surface area contributed by atoms with Crippen LogP contribution < -0.4 is 20.6 Å². The highest BCUT2D eigenvalue weighted by atomic mass is 15.2. The lowest BCUT2D eigenvalue weighted by Gasteiger charge is -2.52. The van der Waals surface area contributed by atoms with Crippen LogP contribution in [0.2, 0.25) is 0 Å². The summed E-state index contributed by atoms with van der Waals surface area (Å²) in [5.74, 6) is 0. The standard InChI is InChI=1S/C57H49BN2/c1-55(2)30-31-56(3,4)47-35-51-48(34-46(47)55)57(5,6)45-22-15-23-49-54(45)59(51)53-42-21-14-13-20-40(42)32-44-43-29-26-39(37-18-11-8-12-19-37)33-50(43)60(58(49)52(44)53)41-27-24-38(25-28-41)36-16-9-7-10-17-36/h7-29,32-35H,30-31H2,1-6H3. The van der Waals surface area contributed by atoms with Crippen molar-refractivity contribution in [1.82, 2.24) is 0 Å². The van der Waals surface area contributed by atoms with Crippen LogP contribution in [0.4, 0.5) is 28.4 Å². The van der Waals surface area contributed by atoms with Crippen LogP contribution in [-0.2, 0) is 16.2 Å². The van der Waals surface area contributed by atoms with E-state index in [9.17, 15) is 0 Å². The van der Waals surface area contributed by atoms with Crippen LogP contribution in [0.25, 0.3) is 44.2 Å². The lowest BCUT2D eigenvalue weighted by atomic mass is 9.42. The largest absolute Gasteiger partial charge is 0.376 e. The second-order valence-corrected chi connectivity index (χ2v) is 19.6. The van der Waals surface area contributed by atoms with E-state index in [1.165, 1.54) is 119 Å². The fourth-order valence-electron chi connectivity index (χ4n) is 11.5. The predicted molar refractivity (Wildman–Crippen MR) is 256 cm³/mol. The molecule has 290 valence electrons. The normalized spacial score (nSPS) is 17.0. The lowest BCUT2D eigenvalue weighted by Crippen LogP contribution is -2.62. The summed E-state index contributed by atoms with van der Waals surface area (Å²) in [4.78, 5) is 5.39. The highest BCUT2D eigenvalue weighted by molar-refractivity contribution is 6.94. The van der Waals surface area contributed by atoms with E-state index in [1.54, 1.807) is 0 Å². The van der Waals surface area contributed by atoms with E-state index < -0.39 is 0 Å². The molecule has 0 bridgehead atoms. The van der Waals surface area contributed by atoms with Crippen LogP contribution in [0.15, 0.2) is 164 Å². The molecule has 0 saturated heterocycles. The zero-order valence-electron chi connectivity index (χ0n) is 35.5. The van der Waals surface area contributed by atoms with E-state index >= 15 is 0 Å². The first-order chi connectivity index (χ1) is 29.0. The highest BCUT2D eigenvalue weighted by Crippen LogP contribution is 2.59. The Balaban J connectivity index is 1.20. The highest BCUT2D eigenvalue weighted by Gasteiger charge is 2.51. The average Bonchev–Trinajstić information content (AvgIpc) is 3.27. The molecular formula is C57H49BN2. The summed E-state index contributed by atoms with van der Waals surface area (Å²) in [5.41, 5.74) is 22.5. The van der Waals surface area contributed by atoms with Gasteiger partial charge in [-0.15, -0.1) is 0 Å². The van der Waals surface area contributed by atoms with Gasteiger partial charge in [-0.3, -0.25) is 0 Å². The monoisotopic (exact) mass is 772 g/mol. The minimum absolute atomic E-state index is 0.0581. The molecule has 8 aromatic carbocycles. The molecule has 0 atom stereocenters. The molecule has 4 aliphatic rings. The van der Waals surface area contributed by atoms with Gasteiger partial charge in [0.25, 0.3) is 0 Å². The quantitative estimate of drug-likeness (QED) is 0.165. The van der Waals surface area contributed by atoms with Gasteiger partial charge in [-0.05, 0) is 120 Å². The third-order valence-electron chi connectivity index (χ3n) is 14.9. The van der Waals surface area contributed by atoms with Crippen LogP contribution in [-0.4, -0.2) is 6.85 Å². The minimum atomic E-state index is -0.218. The molecule has 0 saturated carbocycles. The number of rotatable bonds is 3. The molecule has 3 heterocycles. The SMILES string of the molecule is CC1(C)CCC(C)(C)c2cc3c(cc21)N1c2c(cccc2C3(C)C)B2c3c(cc4ccccc4c31)-c1ccc(-c3ccccc3)cc1N2c1ccc(-c2ccccc2)cc1. The number of fused-ring (bicyclic) bond motifs is 9. The molecule has 3 aliphatic heterocycles. The van der Waals surface area contributed by atoms with Gasteiger partial charge in [0, 0.05) is 33.4 Å². The van der Waals surface area contributed by atoms with E-state index in [0.717, 1.165) is 0 Å². The van der Waals surface area contributed by atoms with Crippen LogP contribution in [0.5, 0.6) is 0 Å². The number of nitrogens with zero attached hydrogens (tertiary/aromatic N) is 2. The number of hydrogen-bond donors (Lipinski definition) is 0. The summed E-state index contributed by atoms with van der Waals surface area (Å²) in [6, 6.07) is 62.2. The Morgan fingerprint density at radius 2 is 1.07 bits per heavy atom. The molecule has 0 fully saturated rings. The molecule has 0 aromatic heterocycles. The molecule has 3 heteroatoms. The Kier molecular flexibility index (Phi) is 7.34. The van der Waals surface area contributed by atoms with Gasteiger partial charge in [-0.2, -0.15) is 0 Å². The number of anilines is 5.